The largest absolute Gasteiger partial charge is 0.598 e. The van der Waals surface area contributed by atoms with E-state index in [1.165, 1.54) is 4.88 Å². The van der Waals surface area contributed by atoms with Crippen molar-refractivity contribution in [2.24, 2.45) is 0 Å². The summed E-state index contributed by atoms with van der Waals surface area (Å²) in [6.45, 7) is 21.8. The van der Waals surface area contributed by atoms with Crippen molar-refractivity contribution in [2.75, 3.05) is 6.61 Å². The summed E-state index contributed by atoms with van der Waals surface area (Å²) in [6.07, 6.45) is 2.88. The van der Waals surface area contributed by atoms with Gasteiger partial charge >= 0.3 is 0 Å². The maximum Gasteiger partial charge on any atom is 0.192 e. The van der Waals surface area contributed by atoms with Crippen molar-refractivity contribution in [1.29, 1.82) is 0 Å². The zero-order valence-electron chi connectivity index (χ0n) is 17.6. The molecule has 1 aromatic rings. The lowest BCUT2D eigenvalue weighted by molar-refractivity contribution is 0.198. The van der Waals surface area contributed by atoms with Gasteiger partial charge in [0.2, 0.25) is 0 Å². The van der Waals surface area contributed by atoms with Crippen molar-refractivity contribution in [2.45, 2.75) is 90.2 Å². The first-order chi connectivity index (χ1) is 11.1. The Hall–Kier alpha value is 0.0769. The average Bonchev–Trinajstić information content (AvgIpc) is 2.92. The molecule has 0 saturated heterocycles. The van der Waals surface area contributed by atoms with Crippen LogP contribution in [-0.2, 0) is 27.7 Å². The van der Waals surface area contributed by atoms with Gasteiger partial charge < -0.3 is 8.98 Å². The average molecular weight is 405 g/mol. The molecular weight excluding hydrogens is 368 g/mol. The minimum atomic E-state index is -1.91. The second kappa shape index (κ2) is 7.98. The van der Waals surface area contributed by atoms with E-state index in [-0.39, 0.29) is 9.79 Å². The maximum atomic E-state index is 12.8. The molecule has 0 bridgehead atoms. The third kappa shape index (κ3) is 6.04. The first-order valence-electron chi connectivity index (χ1n) is 8.91. The lowest BCUT2D eigenvalue weighted by atomic mass is 10.1. The van der Waals surface area contributed by atoms with Gasteiger partial charge in [0.1, 0.15) is 15.3 Å². The SMILES string of the molecule is CCc1cnc([C@@](C)(CO[Si](C)(C)C(C)(C)C)N[S+]([O-])C(C)(C)C)s1. The quantitative estimate of drug-likeness (QED) is 0.513. The molecule has 0 aliphatic rings. The molecule has 2 atom stereocenters. The summed E-state index contributed by atoms with van der Waals surface area (Å²) in [4.78, 5) is 5.85. The fraction of sp³-hybridized carbons (Fsp3) is 0.833. The minimum absolute atomic E-state index is 0.133. The van der Waals surface area contributed by atoms with Crippen LogP contribution in [0.1, 0.15) is 65.3 Å². The number of nitrogens with one attached hydrogen (secondary N) is 1. The lowest BCUT2D eigenvalue weighted by Gasteiger charge is -2.40. The highest BCUT2D eigenvalue weighted by Gasteiger charge is 2.43. The second-order valence-corrected chi connectivity index (χ2v) is 17.2. The minimum Gasteiger partial charge on any atom is -0.598 e. The summed E-state index contributed by atoms with van der Waals surface area (Å²) < 4.78 is 22.2. The molecule has 0 spiro atoms. The molecule has 0 fully saturated rings. The molecule has 4 nitrogen and oxygen atoms in total. The van der Waals surface area contributed by atoms with Gasteiger partial charge in [0.15, 0.2) is 8.32 Å². The van der Waals surface area contributed by atoms with Gasteiger partial charge in [-0.2, -0.15) is 0 Å². The van der Waals surface area contributed by atoms with Crippen LogP contribution in [0, 0.1) is 0 Å². The van der Waals surface area contributed by atoms with E-state index < -0.39 is 25.2 Å². The molecule has 146 valence electrons. The number of nitrogens with zero attached hydrogens (tertiary/aromatic N) is 1. The molecule has 1 N–H and O–H groups in total. The smallest absolute Gasteiger partial charge is 0.192 e. The van der Waals surface area contributed by atoms with Crippen LogP contribution in [-0.4, -0.2) is 29.2 Å². The predicted octanol–water partition coefficient (Wildman–Crippen LogP) is 4.99. The van der Waals surface area contributed by atoms with Crippen LogP contribution in [0.25, 0.3) is 0 Å². The molecule has 7 heteroatoms. The third-order valence-corrected chi connectivity index (χ3v) is 12.4. The lowest BCUT2D eigenvalue weighted by Crippen LogP contribution is -2.54. The van der Waals surface area contributed by atoms with Crippen molar-refractivity contribution in [3.8, 4) is 0 Å². The van der Waals surface area contributed by atoms with Crippen LogP contribution in [0.2, 0.25) is 18.1 Å². The highest BCUT2D eigenvalue weighted by atomic mass is 32.2. The summed E-state index contributed by atoms with van der Waals surface area (Å²) in [6, 6.07) is 0. The Morgan fingerprint density at radius 2 is 1.76 bits per heavy atom. The molecule has 0 amide bonds. The second-order valence-electron chi connectivity index (χ2n) is 9.35. The zero-order valence-corrected chi connectivity index (χ0v) is 20.2. The van der Waals surface area contributed by atoms with E-state index in [2.05, 4.69) is 57.4 Å². The topological polar surface area (TPSA) is 57.2 Å². The molecular formula is C18H36N2O2S2Si. The van der Waals surface area contributed by atoms with Crippen LogP contribution >= 0.6 is 11.3 Å². The van der Waals surface area contributed by atoms with Crippen LogP contribution in [0.4, 0.5) is 0 Å². The Balaban J connectivity index is 3.11. The van der Waals surface area contributed by atoms with E-state index >= 15 is 0 Å². The number of rotatable bonds is 7. The molecule has 1 unspecified atom stereocenters. The summed E-state index contributed by atoms with van der Waals surface area (Å²) in [5.74, 6) is 0. The van der Waals surface area contributed by atoms with E-state index in [1.54, 1.807) is 11.3 Å². The summed E-state index contributed by atoms with van der Waals surface area (Å²) in [5.41, 5.74) is -0.564. The fourth-order valence-electron chi connectivity index (χ4n) is 1.76. The Morgan fingerprint density at radius 3 is 2.16 bits per heavy atom. The Bertz CT molecular complexity index is 564. The van der Waals surface area contributed by atoms with Gasteiger partial charge in [0.05, 0.1) is 6.61 Å². The van der Waals surface area contributed by atoms with Crippen molar-refractivity contribution in [3.05, 3.63) is 16.1 Å². The van der Waals surface area contributed by atoms with Gasteiger partial charge in [-0.05, 0) is 52.2 Å². The zero-order chi connectivity index (χ0) is 19.7. The first kappa shape index (κ1) is 23.1. The van der Waals surface area contributed by atoms with Gasteiger partial charge in [-0.3, -0.25) is 0 Å². The summed E-state index contributed by atoms with van der Waals surface area (Å²) >= 11 is 0.481. The summed E-state index contributed by atoms with van der Waals surface area (Å²) in [5, 5.41) is 1.08. The Morgan fingerprint density at radius 1 is 1.20 bits per heavy atom. The molecule has 0 aliphatic heterocycles. The number of hydrogen-bond acceptors (Lipinski definition) is 5. The van der Waals surface area contributed by atoms with E-state index in [9.17, 15) is 4.55 Å². The molecule has 0 radical (unpaired) electrons. The van der Waals surface area contributed by atoms with Crippen molar-refractivity contribution in [1.82, 2.24) is 9.71 Å². The normalized spacial score (nSPS) is 17.4. The first-order valence-corrected chi connectivity index (χ1v) is 13.8. The van der Waals surface area contributed by atoms with E-state index in [4.69, 9.17) is 4.43 Å². The van der Waals surface area contributed by atoms with Crippen LogP contribution < -0.4 is 4.72 Å². The highest BCUT2D eigenvalue weighted by molar-refractivity contribution is 7.90. The monoisotopic (exact) mass is 404 g/mol. The Labute approximate surface area is 162 Å². The van der Waals surface area contributed by atoms with Gasteiger partial charge in [0, 0.05) is 22.4 Å². The van der Waals surface area contributed by atoms with Gasteiger partial charge in [-0.25, -0.2) is 4.98 Å². The van der Waals surface area contributed by atoms with E-state index in [0.717, 1.165) is 11.4 Å². The fourth-order valence-corrected chi connectivity index (χ4v) is 4.72. The van der Waals surface area contributed by atoms with Crippen molar-refractivity contribution < 1.29 is 8.98 Å². The van der Waals surface area contributed by atoms with Crippen LogP contribution in [0.15, 0.2) is 6.20 Å². The van der Waals surface area contributed by atoms with E-state index in [0.29, 0.717) is 6.61 Å². The molecule has 0 aliphatic carbocycles. The standard InChI is InChI=1S/C18H36N2O2S2Si/c1-11-14-12-19-15(23-14)18(8,20-24(21)16(2,3)4)13-22-25(9,10)17(5,6)7/h12,20H,11,13H2,1-10H3/t18-,24?/m1/s1. The molecule has 25 heavy (non-hydrogen) atoms. The van der Waals surface area contributed by atoms with Crippen LogP contribution in [0.3, 0.4) is 0 Å². The predicted molar refractivity (Wildman–Crippen MR) is 113 cm³/mol. The van der Waals surface area contributed by atoms with Gasteiger partial charge in [0.25, 0.3) is 0 Å². The molecule has 1 rings (SSSR count). The van der Waals surface area contributed by atoms with Crippen LogP contribution in [0.5, 0.6) is 0 Å². The molecule has 0 saturated carbocycles. The summed E-state index contributed by atoms with van der Waals surface area (Å²) in [7, 11) is -1.91. The Kier molecular flexibility index (Phi) is 7.38. The third-order valence-electron chi connectivity index (χ3n) is 4.78. The number of hydrogen-bond donors (Lipinski definition) is 1. The number of aromatic nitrogens is 1. The van der Waals surface area contributed by atoms with Gasteiger partial charge in [-0.1, -0.05) is 27.7 Å². The van der Waals surface area contributed by atoms with Gasteiger partial charge in [-0.15, -0.1) is 16.1 Å². The van der Waals surface area contributed by atoms with Crippen molar-refractivity contribution >= 4 is 31.0 Å². The van der Waals surface area contributed by atoms with Crippen molar-refractivity contribution in [3.63, 3.8) is 0 Å². The number of thiazole rings is 1. The number of aryl methyl sites for hydroxylation is 1. The molecule has 0 aromatic carbocycles. The highest BCUT2D eigenvalue weighted by Crippen LogP contribution is 2.38. The maximum absolute atomic E-state index is 12.8. The van der Waals surface area contributed by atoms with E-state index in [1.807, 2.05) is 27.0 Å². The molecule has 1 heterocycles. The molecule has 1 aromatic heterocycles.